The Hall–Kier alpha value is -4.60. The van der Waals surface area contributed by atoms with E-state index in [-0.39, 0.29) is 23.1 Å². The van der Waals surface area contributed by atoms with Gasteiger partial charge in [0, 0.05) is 61.0 Å². The standard InChI is InChI=1S/C51H74N2O8/c1-40-36-50(56)60-46-38-42(28-30-44(40)46)58-34-24-18-12-5-3-8-14-20-26-48(54)52-32-22-16-10-7-11-17-23-33-53-49(55)27-21-15-9-4-6-13-19-25-35-59-43-29-31-45-41(2)37-51(57)61-47(45)39-43/h28-31,36-39H,3-27,32-35H2,1-2H3,(H,52,54)(H,53,55). The normalized spacial score (nSPS) is 11.3. The van der Waals surface area contributed by atoms with Gasteiger partial charge in [-0.2, -0.15) is 0 Å². The molecule has 4 rings (SSSR count). The molecule has 10 heteroatoms. The first kappa shape index (κ1) is 49.1. The molecule has 0 saturated carbocycles. The summed E-state index contributed by atoms with van der Waals surface area (Å²) >= 11 is 0. The van der Waals surface area contributed by atoms with Crippen LogP contribution in [0.15, 0.2) is 67.0 Å². The molecule has 336 valence electrons. The molecular formula is C51H74N2O8. The molecule has 4 aromatic rings. The molecule has 10 nitrogen and oxygen atoms in total. The summed E-state index contributed by atoms with van der Waals surface area (Å²) in [5.74, 6) is 1.84. The summed E-state index contributed by atoms with van der Waals surface area (Å²) in [6, 6.07) is 14.4. The van der Waals surface area contributed by atoms with Crippen LogP contribution in [0.4, 0.5) is 0 Å². The van der Waals surface area contributed by atoms with Crippen LogP contribution in [0.3, 0.4) is 0 Å². The topological polar surface area (TPSA) is 137 Å². The third-order valence-electron chi connectivity index (χ3n) is 11.5. The average molecular weight is 843 g/mol. The number of hydrogen-bond donors (Lipinski definition) is 2. The average Bonchev–Trinajstić information content (AvgIpc) is 3.23. The Bertz CT molecular complexity index is 1840. The molecule has 0 fully saturated rings. The van der Waals surface area contributed by atoms with E-state index >= 15 is 0 Å². The van der Waals surface area contributed by atoms with Crippen LogP contribution in [0.5, 0.6) is 11.5 Å². The number of nitrogens with one attached hydrogen (secondary N) is 2. The van der Waals surface area contributed by atoms with E-state index in [1.165, 1.54) is 82.8 Å². The summed E-state index contributed by atoms with van der Waals surface area (Å²) in [6.07, 6.45) is 27.3. The maximum Gasteiger partial charge on any atom is 0.336 e. The summed E-state index contributed by atoms with van der Waals surface area (Å²) < 4.78 is 22.3. The van der Waals surface area contributed by atoms with Crippen LogP contribution in [0.2, 0.25) is 0 Å². The Balaban J connectivity index is 0.811. The van der Waals surface area contributed by atoms with E-state index < -0.39 is 0 Å². The lowest BCUT2D eigenvalue weighted by atomic mass is 10.1. The molecule has 0 unspecified atom stereocenters. The second-order valence-electron chi connectivity index (χ2n) is 16.8. The van der Waals surface area contributed by atoms with E-state index in [4.69, 9.17) is 18.3 Å². The van der Waals surface area contributed by atoms with Gasteiger partial charge in [-0.25, -0.2) is 9.59 Å². The van der Waals surface area contributed by atoms with Crippen LogP contribution < -0.4 is 31.4 Å². The van der Waals surface area contributed by atoms with Crippen molar-refractivity contribution in [2.24, 2.45) is 0 Å². The minimum atomic E-state index is -0.335. The van der Waals surface area contributed by atoms with Crippen molar-refractivity contribution >= 4 is 33.8 Å². The van der Waals surface area contributed by atoms with Crippen molar-refractivity contribution in [3.8, 4) is 11.5 Å². The molecule has 0 aliphatic heterocycles. The van der Waals surface area contributed by atoms with Crippen molar-refractivity contribution in [3.63, 3.8) is 0 Å². The van der Waals surface area contributed by atoms with Gasteiger partial charge >= 0.3 is 11.3 Å². The maximum atomic E-state index is 12.2. The first-order chi connectivity index (χ1) is 29.8. The molecule has 0 bridgehead atoms. The second kappa shape index (κ2) is 29.6. The summed E-state index contributed by atoms with van der Waals surface area (Å²) in [4.78, 5) is 47.7. The molecule has 2 aromatic carbocycles. The van der Waals surface area contributed by atoms with Crippen LogP contribution in [0.1, 0.15) is 172 Å². The first-order valence-electron chi connectivity index (χ1n) is 23.7. The lowest BCUT2D eigenvalue weighted by Gasteiger charge is -2.08. The number of carbonyl (C=O) groups is 2. The predicted octanol–water partition coefficient (Wildman–Crippen LogP) is 12.0. The largest absolute Gasteiger partial charge is 0.493 e. The Morgan fingerprint density at radius 1 is 0.443 bits per heavy atom. The highest BCUT2D eigenvalue weighted by Crippen LogP contribution is 2.24. The smallest absolute Gasteiger partial charge is 0.336 e. The summed E-state index contributed by atoms with van der Waals surface area (Å²) in [5, 5.41) is 8.05. The fourth-order valence-corrected chi connectivity index (χ4v) is 7.83. The molecule has 2 heterocycles. The molecule has 0 saturated heterocycles. The molecule has 2 N–H and O–H groups in total. The predicted molar refractivity (Wildman–Crippen MR) is 247 cm³/mol. The molecule has 0 spiro atoms. The Kier molecular flexibility index (Phi) is 23.8. The number of benzene rings is 2. The number of carbonyl (C=O) groups excluding carboxylic acids is 2. The van der Waals surface area contributed by atoms with Crippen LogP contribution in [-0.4, -0.2) is 38.1 Å². The fourth-order valence-electron chi connectivity index (χ4n) is 7.83. The van der Waals surface area contributed by atoms with Gasteiger partial charge in [-0.15, -0.1) is 0 Å². The third kappa shape index (κ3) is 20.7. The highest BCUT2D eigenvalue weighted by molar-refractivity contribution is 5.82. The molecule has 0 aliphatic carbocycles. The van der Waals surface area contributed by atoms with Gasteiger partial charge < -0.3 is 28.9 Å². The van der Waals surface area contributed by atoms with Crippen molar-refractivity contribution in [2.75, 3.05) is 26.3 Å². The molecule has 61 heavy (non-hydrogen) atoms. The van der Waals surface area contributed by atoms with E-state index in [0.717, 1.165) is 124 Å². The summed E-state index contributed by atoms with van der Waals surface area (Å²) in [7, 11) is 0. The molecule has 0 aliphatic rings. The minimum Gasteiger partial charge on any atom is -0.493 e. The van der Waals surface area contributed by atoms with Crippen molar-refractivity contribution in [1.82, 2.24) is 10.6 Å². The zero-order chi connectivity index (χ0) is 43.3. The number of amides is 2. The maximum absolute atomic E-state index is 12.2. The summed E-state index contributed by atoms with van der Waals surface area (Å²) in [6.45, 7) is 6.68. The lowest BCUT2D eigenvalue weighted by molar-refractivity contribution is -0.122. The van der Waals surface area contributed by atoms with E-state index in [0.29, 0.717) is 37.2 Å². The summed E-state index contributed by atoms with van der Waals surface area (Å²) in [5.41, 5.74) is 2.29. The van der Waals surface area contributed by atoms with Gasteiger partial charge in [0.15, 0.2) is 0 Å². The zero-order valence-corrected chi connectivity index (χ0v) is 37.4. The zero-order valence-electron chi connectivity index (χ0n) is 37.4. The second-order valence-corrected chi connectivity index (χ2v) is 16.8. The first-order valence-corrected chi connectivity index (χ1v) is 23.7. The van der Waals surface area contributed by atoms with Crippen molar-refractivity contribution < 1.29 is 27.9 Å². The van der Waals surface area contributed by atoms with Crippen molar-refractivity contribution in [3.05, 3.63) is 80.5 Å². The highest BCUT2D eigenvalue weighted by Gasteiger charge is 2.07. The Labute approximate surface area is 363 Å². The van der Waals surface area contributed by atoms with Crippen molar-refractivity contribution in [2.45, 2.75) is 174 Å². The van der Waals surface area contributed by atoms with Crippen LogP contribution >= 0.6 is 0 Å². The molecular weight excluding hydrogens is 769 g/mol. The van der Waals surface area contributed by atoms with E-state index in [2.05, 4.69) is 10.6 Å². The fraction of sp³-hybridized carbons (Fsp3) is 0.608. The molecule has 2 aromatic heterocycles. The van der Waals surface area contributed by atoms with Gasteiger partial charge in [-0.1, -0.05) is 109 Å². The number of ether oxygens (including phenoxy) is 2. The Morgan fingerprint density at radius 2 is 0.770 bits per heavy atom. The minimum absolute atomic E-state index is 0.185. The van der Waals surface area contributed by atoms with E-state index in [1.54, 1.807) is 12.1 Å². The monoisotopic (exact) mass is 843 g/mol. The van der Waals surface area contributed by atoms with E-state index in [1.807, 2.05) is 38.1 Å². The van der Waals surface area contributed by atoms with Crippen LogP contribution in [0, 0.1) is 13.8 Å². The molecule has 2 amide bonds. The lowest BCUT2D eigenvalue weighted by Crippen LogP contribution is -2.24. The van der Waals surface area contributed by atoms with Crippen LogP contribution in [-0.2, 0) is 9.59 Å². The van der Waals surface area contributed by atoms with Gasteiger partial charge in [0.1, 0.15) is 22.7 Å². The quantitative estimate of drug-likeness (QED) is 0.0350. The van der Waals surface area contributed by atoms with Gasteiger partial charge in [-0.05, 0) is 87.8 Å². The molecule has 0 radical (unpaired) electrons. The Morgan fingerprint density at radius 3 is 1.15 bits per heavy atom. The highest BCUT2D eigenvalue weighted by atomic mass is 16.5. The van der Waals surface area contributed by atoms with Crippen LogP contribution in [0.25, 0.3) is 21.9 Å². The van der Waals surface area contributed by atoms with Gasteiger partial charge in [-0.3, -0.25) is 9.59 Å². The van der Waals surface area contributed by atoms with Crippen molar-refractivity contribution in [1.29, 1.82) is 0 Å². The number of aryl methyl sites for hydroxylation is 2. The van der Waals surface area contributed by atoms with Gasteiger partial charge in [0.2, 0.25) is 11.8 Å². The number of fused-ring (bicyclic) bond motifs is 2. The number of hydrogen-bond acceptors (Lipinski definition) is 8. The number of rotatable bonds is 34. The SMILES string of the molecule is Cc1cc(=O)oc2cc(OCCCCCCCCCCC(=O)NCCCCCCCCCNC(=O)CCCCCCCCCCOc3ccc4c(C)cc(=O)oc4c3)ccc12. The van der Waals surface area contributed by atoms with Gasteiger partial charge in [0.25, 0.3) is 0 Å². The molecule has 0 atom stereocenters. The number of unbranched alkanes of at least 4 members (excludes halogenated alkanes) is 20. The van der Waals surface area contributed by atoms with E-state index in [9.17, 15) is 19.2 Å². The third-order valence-corrected chi connectivity index (χ3v) is 11.5. The van der Waals surface area contributed by atoms with Gasteiger partial charge in [0.05, 0.1) is 13.2 Å².